The Morgan fingerprint density at radius 3 is 2.75 bits per heavy atom. The summed E-state index contributed by atoms with van der Waals surface area (Å²) < 4.78 is 36.3. The fourth-order valence-corrected chi connectivity index (χ4v) is 1.98. The lowest BCUT2D eigenvalue weighted by molar-refractivity contribution is -0.134. The van der Waals surface area contributed by atoms with Crippen LogP contribution in [0.15, 0.2) is 11.1 Å². The van der Waals surface area contributed by atoms with Gasteiger partial charge in [0.1, 0.15) is 4.88 Å². The summed E-state index contributed by atoms with van der Waals surface area (Å²) in [6, 6.07) is 1.17. The largest absolute Gasteiger partial charge is 0.425 e. The van der Waals surface area contributed by atoms with E-state index in [0.717, 1.165) is 11.3 Å². The molecule has 0 amide bonds. The second kappa shape index (κ2) is 2.32. The molecule has 64 valence electrons. The normalized spacial score (nSPS) is 15.2. The molecule has 0 saturated carbocycles. The minimum atomic E-state index is -4.21. The van der Waals surface area contributed by atoms with E-state index < -0.39 is 11.1 Å². The van der Waals surface area contributed by atoms with E-state index in [9.17, 15) is 13.2 Å². The quantitative estimate of drug-likeness (QED) is 0.597. The van der Waals surface area contributed by atoms with E-state index in [-0.39, 0.29) is 0 Å². The van der Waals surface area contributed by atoms with Crippen molar-refractivity contribution in [3.63, 3.8) is 0 Å². The van der Waals surface area contributed by atoms with E-state index >= 15 is 0 Å². The van der Waals surface area contributed by atoms with Crippen LogP contribution in [0.2, 0.25) is 0 Å². The molecular formula is C7H4F3NS. The number of fused-ring (bicyclic) bond motifs is 1. The van der Waals surface area contributed by atoms with Gasteiger partial charge in [-0.25, -0.2) is 0 Å². The molecule has 1 aromatic heterocycles. The van der Waals surface area contributed by atoms with Gasteiger partial charge in [-0.15, -0.1) is 11.3 Å². The van der Waals surface area contributed by atoms with Gasteiger partial charge in [0.2, 0.25) is 0 Å². The summed E-state index contributed by atoms with van der Waals surface area (Å²) in [6.45, 7) is 0.391. The fourth-order valence-electron chi connectivity index (χ4n) is 1.04. The number of nitrogens with zero attached hydrogens (tertiary/aromatic N) is 1. The third-order valence-corrected chi connectivity index (χ3v) is 2.75. The number of thiophene rings is 1. The molecule has 0 spiro atoms. The number of rotatable bonds is 0. The summed E-state index contributed by atoms with van der Waals surface area (Å²) in [5, 5.41) is 0. The van der Waals surface area contributed by atoms with Crippen LogP contribution in [0.25, 0.3) is 0 Å². The Kier molecular flexibility index (Phi) is 1.51. The first-order valence-electron chi connectivity index (χ1n) is 3.27. The summed E-state index contributed by atoms with van der Waals surface area (Å²) >= 11 is 0.755. The van der Waals surface area contributed by atoms with E-state index in [4.69, 9.17) is 0 Å². The van der Waals surface area contributed by atoms with Gasteiger partial charge in [0.05, 0.1) is 11.4 Å². The molecule has 0 aromatic carbocycles. The van der Waals surface area contributed by atoms with Gasteiger partial charge in [0.25, 0.3) is 0 Å². The molecule has 0 aliphatic carbocycles. The van der Waals surface area contributed by atoms with E-state index in [1.54, 1.807) is 0 Å². The highest BCUT2D eigenvalue weighted by atomic mass is 32.1. The molecule has 1 aliphatic heterocycles. The highest BCUT2D eigenvalue weighted by Gasteiger charge is 2.34. The van der Waals surface area contributed by atoms with E-state index in [1.807, 2.05) is 0 Å². The molecule has 1 aliphatic rings. The van der Waals surface area contributed by atoms with Gasteiger partial charge in [0.15, 0.2) is 0 Å². The first kappa shape index (κ1) is 7.79. The van der Waals surface area contributed by atoms with Crippen molar-refractivity contribution >= 4 is 17.6 Å². The first-order chi connectivity index (χ1) is 5.57. The van der Waals surface area contributed by atoms with E-state index in [2.05, 4.69) is 4.99 Å². The van der Waals surface area contributed by atoms with Gasteiger partial charge in [-0.2, -0.15) is 13.2 Å². The predicted molar refractivity (Wildman–Crippen MR) is 40.6 cm³/mol. The summed E-state index contributed by atoms with van der Waals surface area (Å²) in [7, 11) is 0. The Morgan fingerprint density at radius 2 is 2.17 bits per heavy atom. The molecular weight excluding hydrogens is 187 g/mol. The molecule has 0 unspecified atom stereocenters. The molecule has 0 atom stereocenters. The van der Waals surface area contributed by atoms with Gasteiger partial charge >= 0.3 is 6.18 Å². The van der Waals surface area contributed by atoms with Crippen LogP contribution in [0, 0.1) is 0 Å². The topological polar surface area (TPSA) is 12.4 Å². The van der Waals surface area contributed by atoms with Crippen molar-refractivity contribution in [1.29, 1.82) is 0 Å². The van der Waals surface area contributed by atoms with Crippen LogP contribution in [-0.4, -0.2) is 6.21 Å². The maximum absolute atomic E-state index is 12.1. The zero-order valence-corrected chi connectivity index (χ0v) is 6.67. The highest BCUT2D eigenvalue weighted by molar-refractivity contribution is 7.14. The number of hydrogen-bond acceptors (Lipinski definition) is 2. The number of aliphatic imine (C=N–C) groups is 1. The molecule has 0 N–H and O–H groups in total. The Bertz CT molecular complexity index is 337. The number of halogens is 3. The third-order valence-electron chi connectivity index (χ3n) is 1.59. The Labute approximate surface area is 70.6 Å². The lowest BCUT2D eigenvalue weighted by atomic mass is 10.3. The van der Waals surface area contributed by atoms with Crippen molar-refractivity contribution in [2.75, 3.05) is 0 Å². The molecule has 1 aromatic rings. The van der Waals surface area contributed by atoms with Gasteiger partial charge < -0.3 is 0 Å². The van der Waals surface area contributed by atoms with Gasteiger partial charge in [-0.1, -0.05) is 0 Å². The van der Waals surface area contributed by atoms with Crippen molar-refractivity contribution in [1.82, 2.24) is 0 Å². The van der Waals surface area contributed by atoms with Crippen molar-refractivity contribution < 1.29 is 13.2 Å². The maximum atomic E-state index is 12.1. The monoisotopic (exact) mass is 191 g/mol. The predicted octanol–water partition coefficient (Wildman–Crippen LogP) is 2.70. The zero-order chi connectivity index (χ0) is 8.77. The number of hydrogen-bond donors (Lipinski definition) is 0. The van der Waals surface area contributed by atoms with E-state index in [1.165, 1.54) is 12.3 Å². The SMILES string of the molecule is FC(F)(F)c1cc2c(s1)C=NC2. The van der Waals surface area contributed by atoms with Gasteiger partial charge in [0, 0.05) is 6.21 Å². The lowest BCUT2D eigenvalue weighted by Crippen LogP contribution is -2.00. The van der Waals surface area contributed by atoms with Crippen LogP contribution in [0.4, 0.5) is 13.2 Å². The maximum Gasteiger partial charge on any atom is 0.425 e. The summed E-state index contributed by atoms with van der Waals surface area (Å²) in [5.41, 5.74) is 0.687. The van der Waals surface area contributed by atoms with Crippen molar-refractivity contribution in [2.45, 2.75) is 12.7 Å². The molecule has 12 heavy (non-hydrogen) atoms. The average Bonchev–Trinajstić information content (AvgIpc) is 2.37. The number of alkyl halides is 3. The first-order valence-corrected chi connectivity index (χ1v) is 4.09. The molecule has 2 rings (SSSR count). The lowest BCUT2D eigenvalue weighted by Gasteiger charge is -2.00. The Morgan fingerprint density at radius 1 is 1.42 bits per heavy atom. The smallest absolute Gasteiger partial charge is 0.287 e. The summed E-state index contributed by atoms with van der Waals surface area (Å²) in [4.78, 5) is 3.96. The Balaban J connectivity index is 2.43. The van der Waals surface area contributed by atoms with Crippen LogP contribution in [0.5, 0.6) is 0 Å². The molecule has 0 fully saturated rings. The molecule has 0 bridgehead atoms. The molecule has 0 saturated heterocycles. The second-order valence-corrected chi connectivity index (χ2v) is 3.55. The molecule has 0 radical (unpaired) electrons. The van der Waals surface area contributed by atoms with Crippen LogP contribution >= 0.6 is 11.3 Å². The third kappa shape index (κ3) is 1.14. The molecule has 1 nitrogen and oxygen atoms in total. The van der Waals surface area contributed by atoms with E-state index in [0.29, 0.717) is 17.0 Å². The van der Waals surface area contributed by atoms with Crippen molar-refractivity contribution in [3.05, 3.63) is 21.4 Å². The average molecular weight is 191 g/mol. The van der Waals surface area contributed by atoms with Crippen LogP contribution in [-0.2, 0) is 12.7 Å². The fraction of sp³-hybridized carbons (Fsp3) is 0.286. The zero-order valence-electron chi connectivity index (χ0n) is 5.85. The minimum Gasteiger partial charge on any atom is -0.287 e. The van der Waals surface area contributed by atoms with Crippen LogP contribution in [0.1, 0.15) is 15.3 Å². The van der Waals surface area contributed by atoms with Crippen molar-refractivity contribution in [3.8, 4) is 0 Å². The molecule has 5 heteroatoms. The van der Waals surface area contributed by atoms with Crippen LogP contribution < -0.4 is 0 Å². The van der Waals surface area contributed by atoms with Crippen LogP contribution in [0.3, 0.4) is 0 Å². The Hall–Kier alpha value is -0.840. The van der Waals surface area contributed by atoms with Crippen molar-refractivity contribution in [2.24, 2.45) is 4.99 Å². The van der Waals surface area contributed by atoms with Gasteiger partial charge in [-0.3, -0.25) is 4.99 Å². The second-order valence-electron chi connectivity index (χ2n) is 2.47. The van der Waals surface area contributed by atoms with Gasteiger partial charge in [-0.05, 0) is 11.6 Å². The molecule has 2 heterocycles. The standard InChI is InChI=1S/C7H4F3NS/c8-7(9,10)6-1-4-2-11-3-5(4)12-6/h1,3H,2H2. The summed E-state index contributed by atoms with van der Waals surface area (Å²) in [6.07, 6.45) is -2.71. The summed E-state index contributed by atoms with van der Waals surface area (Å²) in [5.74, 6) is 0. The highest BCUT2D eigenvalue weighted by Crippen LogP contribution is 2.37. The minimum absolute atomic E-state index is 0.391.